The normalized spacial score (nSPS) is 13.7. The van der Waals surface area contributed by atoms with Gasteiger partial charge in [-0.25, -0.2) is 19.0 Å². The molecule has 0 aliphatic rings. The van der Waals surface area contributed by atoms with Gasteiger partial charge in [0.15, 0.2) is 5.60 Å². The van der Waals surface area contributed by atoms with Crippen LogP contribution in [0.5, 0.6) is 0 Å². The van der Waals surface area contributed by atoms with Crippen molar-refractivity contribution in [3.05, 3.63) is 136 Å². The number of hydrogen-bond acceptors (Lipinski definition) is 6. The standard InChI is InChI=1S/C32H31F5N6O/c1-21(4-6-22(2)23(3)40-17-25-8-11-26(33)12-9-25)5-7-24-10-15-30(41-18-24)32(36,37)31(44,19-43(39)20-42-38)28-14-13-27(34)16-29(28)35/h4,6,8-16,18,20,40,44H,3,17,19,38-39H2,1-2H3/b21-4+,22-6+,42-20-. The minimum absolute atomic E-state index is 0.288. The lowest BCUT2D eigenvalue weighted by Gasteiger charge is -2.37. The molecule has 0 amide bonds. The van der Waals surface area contributed by atoms with Crippen LogP contribution in [0, 0.1) is 29.3 Å². The molecular weight excluding hydrogens is 579 g/mol. The van der Waals surface area contributed by atoms with E-state index in [9.17, 15) is 18.3 Å². The monoisotopic (exact) mass is 610 g/mol. The Balaban J connectivity index is 1.77. The molecule has 3 rings (SSSR count). The zero-order valence-electron chi connectivity index (χ0n) is 24.0. The van der Waals surface area contributed by atoms with Gasteiger partial charge in [0, 0.05) is 35.6 Å². The maximum absolute atomic E-state index is 15.8. The summed E-state index contributed by atoms with van der Waals surface area (Å²) in [6.45, 7) is 6.99. The number of nitrogens with zero attached hydrogens (tertiary/aromatic N) is 3. The molecular formula is C32H31F5N6O. The van der Waals surface area contributed by atoms with Crippen molar-refractivity contribution in [2.45, 2.75) is 31.9 Å². The molecule has 0 aliphatic heterocycles. The van der Waals surface area contributed by atoms with Crippen molar-refractivity contribution in [2.24, 2.45) is 16.8 Å². The molecule has 0 radical (unpaired) electrons. The number of nitrogens with one attached hydrogen (secondary N) is 1. The molecule has 1 atom stereocenters. The van der Waals surface area contributed by atoms with Gasteiger partial charge in [-0.3, -0.25) is 9.99 Å². The highest BCUT2D eigenvalue weighted by Gasteiger charge is 2.58. The number of rotatable bonds is 11. The fraction of sp³-hybridized carbons (Fsp3) is 0.188. The summed E-state index contributed by atoms with van der Waals surface area (Å²) >= 11 is 0. The summed E-state index contributed by atoms with van der Waals surface area (Å²) < 4.78 is 72.8. The van der Waals surface area contributed by atoms with Gasteiger partial charge in [-0.2, -0.15) is 13.9 Å². The molecule has 0 aliphatic carbocycles. The van der Waals surface area contributed by atoms with E-state index in [0.29, 0.717) is 35.0 Å². The number of hydrogen-bond donors (Lipinski definition) is 4. The summed E-state index contributed by atoms with van der Waals surface area (Å²) in [7, 11) is 0. The average molecular weight is 611 g/mol. The van der Waals surface area contributed by atoms with Gasteiger partial charge in [0.25, 0.3) is 0 Å². The van der Waals surface area contributed by atoms with Crippen molar-refractivity contribution < 1.29 is 27.1 Å². The Hall–Kier alpha value is -4.99. The molecule has 0 saturated carbocycles. The second kappa shape index (κ2) is 14.5. The Morgan fingerprint density at radius 3 is 2.36 bits per heavy atom. The number of benzene rings is 2. The number of aliphatic hydroxyl groups is 1. The molecule has 1 aromatic heterocycles. The van der Waals surface area contributed by atoms with Crippen LogP contribution < -0.4 is 17.0 Å². The van der Waals surface area contributed by atoms with Crippen LogP contribution in [-0.4, -0.2) is 28.0 Å². The second-order valence-electron chi connectivity index (χ2n) is 9.84. The van der Waals surface area contributed by atoms with Crippen molar-refractivity contribution >= 4 is 6.34 Å². The van der Waals surface area contributed by atoms with Crippen LogP contribution in [0.2, 0.25) is 0 Å². The van der Waals surface area contributed by atoms with Crippen molar-refractivity contribution in [2.75, 3.05) is 6.54 Å². The fourth-order valence-corrected chi connectivity index (χ4v) is 3.95. The van der Waals surface area contributed by atoms with E-state index in [2.05, 4.69) is 33.8 Å². The molecule has 3 aromatic rings. The van der Waals surface area contributed by atoms with Crippen LogP contribution in [0.4, 0.5) is 22.0 Å². The molecule has 0 bridgehead atoms. The minimum atomic E-state index is -4.22. The van der Waals surface area contributed by atoms with Gasteiger partial charge in [-0.1, -0.05) is 42.7 Å². The Bertz CT molecular complexity index is 1630. The summed E-state index contributed by atoms with van der Waals surface area (Å²) in [5.74, 6) is 9.36. The highest BCUT2D eigenvalue weighted by atomic mass is 19.3. The number of hydrazone groups is 1. The van der Waals surface area contributed by atoms with Crippen LogP contribution in [-0.2, 0) is 18.1 Å². The van der Waals surface area contributed by atoms with Gasteiger partial charge in [0.05, 0.1) is 6.54 Å². The number of nitrogens with two attached hydrogens (primary N) is 2. The van der Waals surface area contributed by atoms with E-state index in [0.717, 1.165) is 35.8 Å². The van der Waals surface area contributed by atoms with Gasteiger partial charge in [-0.05, 0) is 67.0 Å². The molecule has 0 spiro atoms. The molecule has 0 saturated heterocycles. The van der Waals surface area contributed by atoms with Crippen LogP contribution in [0.25, 0.3) is 0 Å². The highest BCUT2D eigenvalue weighted by Crippen LogP contribution is 2.45. The third-order valence-corrected chi connectivity index (χ3v) is 6.49. The third-order valence-electron chi connectivity index (χ3n) is 6.49. The van der Waals surface area contributed by atoms with Crippen LogP contribution in [0.1, 0.15) is 36.2 Å². The van der Waals surface area contributed by atoms with Crippen molar-refractivity contribution in [1.82, 2.24) is 15.3 Å². The second-order valence-corrected chi connectivity index (χ2v) is 9.84. The molecule has 12 heteroatoms. The number of alkyl halides is 2. The molecule has 6 N–H and O–H groups in total. The predicted octanol–water partition coefficient (Wildman–Crippen LogP) is 5.10. The summed E-state index contributed by atoms with van der Waals surface area (Å²) in [6.07, 6.45) is 5.39. The predicted molar refractivity (Wildman–Crippen MR) is 159 cm³/mol. The van der Waals surface area contributed by atoms with Gasteiger partial charge in [0.2, 0.25) is 0 Å². The molecule has 1 heterocycles. The summed E-state index contributed by atoms with van der Waals surface area (Å²) in [5.41, 5.74) is -1.79. The lowest BCUT2D eigenvalue weighted by molar-refractivity contribution is -0.203. The van der Waals surface area contributed by atoms with Crippen molar-refractivity contribution in [3.8, 4) is 11.8 Å². The van der Waals surface area contributed by atoms with E-state index in [1.807, 2.05) is 6.92 Å². The number of halogens is 5. The topological polar surface area (TPSA) is 113 Å². The van der Waals surface area contributed by atoms with Gasteiger partial charge in [0.1, 0.15) is 29.5 Å². The molecule has 1 unspecified atom stereocenters. The Kier molecular flexibility index (Phi) is 11.0. The van der Waals surface area contributed by atoms with Crippen LogP contribution in [0.15, 0.2) is 101 Å². The van der Waals surface area contributed by atoms with E-state index in [4.69, 9.17) is 11.7 Å². The Labute approximate surface area is 252 Å². The number of hydrazine groups is 1. The molecule has 0 fully saturated rings. The lowest BCUT2D eigenvalue weighted by Crippen LogP contribution is -2.53. The molecule has 7 nitrogen and oxygen atoms in total. The average Bonchev–Trinajstić information content (AvgIpc) is 2.98. The van der Waals surface area contributed by atoms with E-state index < -0.39 is 41.0 Å². The molecule has 44 heavy (non-hydrogen) atoms. The first-order valence-corrected chi connectivity index (χ1v) is 13.1. The van der Waals surface area contributed by atoms with Crippen molar-refractivity contribution in [1.29, 1.82) is 0 Å². The Morgan fingerprint density at radius 2 is 1.75 bits per heavy atom. The quantitative estimate of drug-likeness (QED) is 0.0457. The van der Waals surface area contributed by atoms with Crippen molar-refractivity contribution in [3.63, 3.8) is 0 Å². The number of pyridine rings is 1. The molecule has 2 aromatic carbocycles. The molecule has 230 valence electrons. The van der Waals surface area contributed by atoms with Gasteiger partial charge >= 0.3 is 5.92 Å². The first kappa shape index (κ1) is 33.5. The zero-order chi connectivity index (χ0) is 32.5. The van der Waals surface area contributed by atoms with Gasteiger partial charge < -0.3 is 16.3 Å². The van der Waals surface area contributed by atoms with Crippen LogP contribution >= 0.6 is 0 Å². The number of allylic oxidation sites excluding steroid dienone is 4. The first-order chi connectivity index (χ1) is 20.8. The summed E-state index contributed by atoms with van der Waals surface area (Å²) in [4.78, 5) is 3.77. The lowest BCUT2D eigenvalue weighted by atomic mass is 9.84. The smallest absolute Gasteiger partial charge is 0.323 e. The van der Waals surface area contributed by atoms with E-state index >= 15 is 8.78 Å². The Morgan fingerprint density at radius 1 is 1.07 bits per heavy atom. The first-order valence-electron chi connectivity index (χ1n) is 13.1. The third kappa shape index (κ3) is 8.31. The largest absolute Gasteiger partial charge is 0.381 e. The summed E-state index contributed by atoms with van der Waals surface area (Å²) in [5, 5.41) is 18.0. The minimum Gasteiger partial charge on any atom is -0.381 e. The zero-order valence-corrected chi connectivity index (χ0v) is 24.0. The highest BCUT2D eigenvalue weighted by molar-refractivity contribution is 5.54. The number of aromatic nitrogens is 1. The fourth-order valence-electron chi connectivity index (χ4n) is 3.95. The van der Waals surface area contributed by atoms with Gasteiger partial charge in [-0.15, -0.1) is 0 Å². The maximum Gasteiger partial charge on any atom is 0.323 e. The van der Waals surface area contributed by atoms with Crippen LogP contribution in [0.3, 0.4) is 0 Å². The van der Waals surface area contributed by atoms with E-state index in [-0.39, 0.29) is 11.4 Å². The summed E-state index contributed by atoms with van der Waals surface area (Å²) in [6, 6.07) is 10.1. The SMILES string of the molecule is C=C(NCc1ccc(F)cc1)/C(C)=C/C=C(\C)C#Cc1ccc(C(F)(F)C(O)(CN(N)/C=N\N)c2ccc(F)cc2F)nc1. The van der Waals surface area contributed by atoms with E-state index in [1.165, 1.54) is 18.2 Å². The van der Waals surface area contributed by atoms with E-state index in [1.54, 1.807) is 31.2 Å². The maximum atomic E-state index is 15.8.